The first-order valence-corrected chi connectivity index (χ1v) is 9.17. The lowest BCUT2D eigenvalue weighted by Gasteiger charge is -1.97. The molecule has 0 atom stereocenters. The van der Waals surface area contributed by atoms with Gasteiger partial charge in [0.1, 0.15) is 21.7 Å². The van der Waals surface area contributed by atoms with Crippen LogP contribution in [0.1, 0.15) is 5.69 Å². The van der Waals surface area contributed by atoms with Crippen LogP contribution in [0.2, 0.25) is 0 Å². The lowest BCUT2D eigenvalue weighted by atomic mass is 10.1. The molecule has 4 nitrogen and oxygen atoms in total. The van der Waals surface area contributed by atoms with E-state index in [1.165, 1.54) is 0 Å². The number of hydrogen-bond acceptors (Lipinski definition) is 5. The molecule has 26 heavy (non-hydrogen) atoms. The molecule has 5 heteroatoms. The van der Waals surface area contributed by atoms with Crippen molar-refractivity contribution in [2.24, 2.45) is 0 Å². The zero-order valence-electron chi connectivity index (χ0n) is 13.8. The Morgan fingerprint density at radius 3 is 2.65 bits per heavy atom. The maximum Gasteiger partial charge on any atom is 0.227 e. The number of furan rings is 2. The summed E-state index contributed by atoms with van der Waals surface area (Å²) in [5.41, 5.74) is 5.17. The fourth-order valence-corrected chi connectivity index (χ4v) is 4.42. The van der Waals surface area contributed by atoms with Crippen LogP contribution in [0.4, 0.5) is 0 Å². The van der Waals surface area contributed by atoms with Crippen LogP contribution in [-0.2, 0) is 0 Å². The lowest BCUT2D eigenvalue weighted by Crippen LogP contribution is -1.78. The van der Waals surface area contributed by atoms with Crippen LogP contribution in [0, 0.1) is 6.92 Å². The van der Waals surface area contributed by atoms with E-state index in [1.54, 1.807) is 11.3 Å². The van der Waals surface area contributed by atoms with Gasteiger partial charge in [-0.25, -0.2) is 9.97 Å². The highest BCUT2D eigenvalue weighted by Gasteiger charge is 2.18. The van der Waals surface area contributed by atoms with E-state index in [9.17, 15) is 0 Å². The van der Waals surface area contributed by atoms with Crippen LogP contribution in [0.5, 0.6) is 0 Å². The van der Waals surface area contributed by atoms with E-state index in [0.717, 1.165) is 54.0 Å². The van der Waals surface area contributed by atoms with Gasteiger partial charge in [-0.3, -0.25) is 0 Å². The molecule has 124 valence electrons. The van der Waals surface area contributed by atoms with Crippen molar-refractivity contribution in [2.45, 2.75) is 6.92 Å². The normalized spacial score (nSPS) is 12.0. The topological polar surface area (TPSA) is 52.1 Å². The third-order valence-corrected chi connectivity index (χ3v) is 5.64. The first kappa shape index (κ1) is 14.0. The van der Waals surface area contributed by atoms with E-state index in [0.29, 0.717) is 5.71 Å². The van der Waals surface area contributed by atoms with E-state index in [1.807, 2.05) is 49.4 Å². The van der Waals surface area contributed by atoms with Gasteiger partial charge in [0, 0.05) is 21.9 Å². The summed E-state index contributed by atoms with van der Waals surface area (Å²) in [5, 5.41) is 4.02. The SMILES string of the molecule is Cc1ccc2c(n1)oc1c(-c3nc4c(oc5ccccc54)s3)cccc12. The van der Waals surface area contributed by atoms with E-state index >= 15 is 0 Å². The molecule has 6 rings (SSSR count). The van der Waals surface area contributed by atoms with Gasteiger partial charge in [-0.2, -0.15) is 0 Å². The Hall–Kier alpha value is -3.18. The minimum Gasteiger partial charge on any atom is -0.444 e. The number of aryl methyl sites for hydroxylation is 1. The molecule has 0 aliphatic rings. The number of hydrogen-bond donors (Lipinski definition) is 0. The summed E-state index contributed by atoms with van der Waals surface area (Å²) in [6, 6.07) is 18.2. The fourth-order valence-electron chi connectivity index (χ4n) is 3.45. The van der Waals surface area contributed by atoms with Gasteiger partial charge >= 0.3 is 0 Å². The Morgan fingerprint density at radius 2 is 1.69 bits per heavy atom. The summed E-state index contributed by atoms with van der Waals surface area (Å²) < 4.78 is 12.1. The average molecular weight is 356 g/mol. The van der Waals surface area contributed by atoms with Crippen LogP contribution in [0.3, 0.4) is 0 Å². The Balaban J connectivity index is 1.66. The number of rotatable bonds is 1. The van der Waals surface area contributed by atoms with E-state index in [4.69, 9.17) is 13.8 Å². The molecule has 0 saturated heterocycles. The molecule has 0 unspecified atom stereocenters. The number of nitrogens with zero attached hydrogens (tertiary/aromatic N) is 2. The Labute approximate surface area is 151 Å². The molecule has 0 saturated carbocycles. The molecule has 0 fully saturated rings. The van der Waals surface area contributed by atoms with Gasteiger partial charge in [0.15, 0.2) is 0 Å². The van der Waals surface area contributed by atoms with Crippen LogP contribution in [0.25, 0.3) is 54.0 Å². The van der Waals surface area contributed by atoms with Gasteiger partial charge in [0.2, 0.25) is 10.6 Å². The Kier molecular flexibility index (Phi) is 2.66. The average Bonchev–Trinajstić information content (AvgIpc) is 3.30. The molecule has 0 radical (unpaired) electrons. The van der Waals surface area contributed by atoms with Crippen LogP contribution in [0.15, 0.2) is 63.4 Å². The highest BCUT2D eigenvalue weighted by molar-refractivity contribution is 7.21. The number of pyridine rings is 1. The Morgan fingerprint density at radius 1 is 0.808 bits per heavy atom. The van der Waals surface area contributed by atoms with E-state index in [2.05, 4.69) is 17.1 Å². The summed E-state index contributed by atoms with van der Waals surface area (Å²) in [5.74, 6) is 0. The molecule has 4 aromatic heterocycles. The minimum absolute atomic E-state index is 0.665. The van der Waals surface area contributed by atoms with Crippen molar-refractivity contribution < 1.29 is 8.83 Å². The molecule has 0 aliphatic heterocycles. The molecule has 0 amide bonds. The number of aromatic nitrogens is 2. The predicted molar refractivity (Wildman–Crippen MR) is 105 cm³/mol. The van der Waals surface area contributed by atoms with E-state index < -0.39 is 0 Å². The van der Waals surface area contributed by atoms with Gasteiger partial charge in [-0.15, -0.1) is 0 Å². The fraction of sp³-hybridized carbons (Fsp3) is 0.0476. The Bertz CT molecular complexity index is 1460. The first-order chi connectivity index (χ1) is 12.8. The van der Waals surface area contributed by atoms with Crippen molar-refractivity contribution in [1.29, 1.82) is 0 Å². The first-order valence-electron chi connectivity index (χ1n) is 8.35. The molecule has 6 aromatic rings. The number of para-hydroxylation sites is 2. The van der Waals surface area contributed by atoms with Crippen molar-refractivity contribution in [2.75, 3.05) is 0 Å². The van der Waals surface area contributed by atoms with Gasteiger partial charge < -0.3 is 8.83 Å². The lowest BCUT2D eigenvalue weighted by molar-refractivity contribution is 0.653. The minimum atomic E-state index is 0.665. The smallest absolute Gasteiger partial charge is 0.227 e. The zero-order chi connectivity index (χ0) is 17.3. The molecule has 4 heterocycles. The van der Waals surface area contributed by atoms with Gasteiger partial charge in [-0.05, 0) is 37.3 Å². The van der Waals surface area contributed by atoms with E-state index in [-0.39, 0.29) is 0 Å². The molecule has 0 N–H and O–H groups in total. The summed E-state index contributed by atoms with van der Waals surface area (Å²) in [4.78, 5) is 10.2. The molecule has 0 spiro atoms. The van der Waals surface area contributed by atoms with Gasteiger partial charge in [-0.1, -0.05) is 35.6 Å². The van der Waals surface area contributed by atoms with Crippen molar-refractivity contribution in [3.05, 3.63) is 60.3 Å². The molecule has 2 aromatic carbocycles. The van der Waals surface area contributed by atoms with Crippen molar-refractivity contribution >= 4 is 54.8 Å². The molecule has 0 bridgehead atoms. The second kappa shape index (κ2) is 4.93. The summed E-state index contributed by atoms with van der Waals surface area (Å²) in [6.45, 7) is 1.97. The second-order valence-electron chi connectivity index (χ2n) is 6.34. The monoisotopic (exact) mass is 356 g/mol. The molecule has 0 aliphatic carbocycles. The zero-order valence-corrected chi connectivity index (χ0v) is 14.6. The van der Waals surface area contributed by atoms with Crippen LogP contribution in [-0.4, -0.2) is 9.97 Å². The molecular formula is C21H12N2O2S. The third kappa shape index (κ3) is 1.83. The maximum atomic E-state index is 6.10. The quantitative estimate of drug-likeness (QED) is 0.346. The standard InChI is InChI=1S/C21H12N2O2S/c1-11-9-10-13-12-6-4-7-15(18(12)25-19(13)22-11)20-23-17-14-5-2-3-8-16(14)24-21(17)26-20/h2-10H,1H3. The van der Waals surface area contributed by atoms with Crippen molar-refractivity contribution in [1.82, 2.24) is 9.97 Å². The third-order valence-electron chi connectivity index (χ3n) is 4.67. The maximum absolute atomic E-state index is 6.10. The second-order valence-corrected chi connectivity index (χ2v) is 7.30. The number of benzene rings is 2. The summed E-state index contributed by atoms with van der Waals surface area (Å²) in [6.07, 6.45) is 0. The number of fused-ring (bicyclic) bond motifs is 6. The highest BCUT2D eigenvalue weighted by Crippen LogP contribution is 2.40. The van der Waals surface area contributed by atoms with Crippen molar-refractivity contribution in [3.63, 3.8) is 0 Å². The van der Waals surface area contributed by atoms with Crippen LogP contribution < -0.4 is 0 Å². The predicted octanol–water partition coefficient (Wildman–Crippen LogP) is 6.31. The number of thiazole rings is 1. The van der Waals surface area contributed by atoms with Gasteiger partial charge in [0.25, 0.3) is 0 Å². The summed E-state index contributed by atoms with van der Waals surface area (Å²) >= 11 is 1.55. The summed E-state index contributed by atoms with van der Waals surface area (Å²) in [7, 11) is 0. The largest absolute Gasteiger partial charge is 0.444 e. The van der Waals surface area contributed by atoms with Crippen molar-refractivity contribution in [3.8, 4) is 10.6 Å². The molecular weight excluding hydrogens is 344 g/mol. The van der Waals surface area contributed by atoms with Gasteiger partial charge in [0.05, 0.1) is 5.56 Å². The highest BCUT2D eigenvalue weighted by atomic mass is 32.1. The van der Waals surface area contributed by atoms with Crippen LogP contribution >= 0.6 is 11.3 Å².